The lowest BCUT2D eigenvalue weighted by molar-refractivity contribution is -0.200. The number of imidazole rings is 1. The molecule has 5 rings (SSSR count). The normalized spacial score (nSPS) is 19.6. The van der Waals surface area contributed by atoms with Crippen molar-refractivity contribution in [3.63, 3.8) is 0 Å². The summed E-state index contributed by atoms with van der Waals surface area (Å²) in [5.74, 6) is 1.23. The van der Waals surface area contributed by atoms with E-state index in [1.165, 1.54) is 0 Å². The van der Waals surface area contributed by atoms with Crippen molar-refractivity contribution in [1.29, 1.82) is 0 Å². The van der Waals surface area contributed by atoms with Gasteiger partial charge in [0, 0.05) is 31.7 Å². The molecule has 2 atom stereocenters. The predicted molar refractivity (Wildman–Crippen MR) is 145 cm³/mol. The molecule has 1 amide bonds. The number of rotatable bonds is 13. The highest BCUT2D eigenvalue weighted by Crippen LogP contribution is 2.26. The maximum atomic E-state index is 11.9. The minimum Gasteiger partial charge on any atom is -0.494 e. The second kappa shape index (κ2) is 14.2. The Morgan fingerprint density at radius 1 is 0.974 bits per heavy atom. The smallest absolute Gasteiger partial charge is 0.243 e. The fourth-order valence-electron chi connectivity index (χ4n) is 4.72. The van der Waals surface area contributed by atoms with E-state index in [4.69, 9.17) is 19.0 Å². The van der Waals surface area contributed by atoms with Crippen LogP contribution in [0.3, 0.4) is 0 Å². The van der Waals surface area contributed by atoms with Gasteiger partial charge in [-0.05, 0) is 69.2 Å². The number of carbonyl (C=O) groups excluding carboxylic acids is 1. The fourth-order valence-corrected chi connectivity index (χ4v) is 4.72. The van der Waals surface area contributed by atoms with Crippen LogP contribution >= 0.6 is 0 Å². The fraction of sp³-hybridized carbons (Fsp3) is 0.571. The monoisotopic (exact) mass is 538 g/mol. The van der Waals surface area contributed by atoms with Crippen LogP contribution in [0.4, 0.5) is 11.6 Å². The van der Waals surface area contributed by atoms with E-state index in [9.17, 15) is 4.79 Å². The molecule has 0 radical (unpaired) electrons. The highest BCUT2D eigenvalue weighted by molar-refractivity contribution is 5.74. The summed E-state index contributed by atoms with van der Waals surface area (Å²) in [5, 5.41) is 3.26. The molecule has 3 aromatic rings. The van der Waals surface area contributed by atoms with Crippen molar-refractivity contribution in [1.82, 2.24) is 25.0 Å². The van der Waals surface area contributed by atoms with Crippen molar-refractivity contribution in [3.05, 3.63) is 36.8 Å². The number of fused-ring (bicyclic) bond motifs is 1. The van der Waals surface area contributed by atoms with Crippen molar-refractivity contribution in [2.75, 3.05) is 25.1 Å². The standard InChI is InChI=1S/C28H38N6O5/c35-24(33-39-26-11-5-8-18-38-26)9-3-1-2-6-16-36-22-14-12-21(13-15-22)31-28-29-19-23-27(32-28)34(20-30-23)25-10-4-7-17-37-25/h12-15,19-20,25-26H,1-11,16-18H2,(H,33,35)(H,29,31,32). The lowest BCUT2D eigenvalue weighted by atomic mass is 10.1. The zero-order valence-electron chi connectivity index (χ0n) is 22.3. The van der Waals surface area contributed by atoms with Gasteiger partial charge in [-0.2, -0.15) is 4.98 Å². The van der Waals surface area contributed by atoms with Gasteiger partial charge in [-0.1, -0.05) is 12.8 Å². The summed E-state index contributed by atoms with van der Waals surface area (Å²) < 4.78 is 19.2. The Labute approximate surface area is 228 Å². The summed E-state index contributed by atoms with van der Waals surface area (Å²) in [4.78, 5) is 30.7. The summed E-state index contributed by atoms with van der Waals surface area (Å²) in [6.07, 6.45) is 13.5. The predicted octanol–water partition coefficient (Wildman–Crippen LogP) is 5.17. The van der Waals surface area contributed by atoms with Crippen LogP contribution < -0.4 is 15.5 Å². The summed E-state index contributed by atoms with van der Waals surface area (Å²) in [6, 6.07) is 7.76. The van der Waals surface area contributed by atoms with Gasteiger partial charge in [0.1, 0.15) is 17.5 Å². The van der Waals surface area contributed by atoms with Crippen LogP contribution in [0, 0.1) is 0 Å². The molecule has 2 unspecified atom stereocenters. The van der Waals surface area contributed by atoms with Gasteiger partial charge in [0.25, 0.3) is 0 Å². The van der Waals surface area contributed by atoms with E-state index in [0.29, 0.717) is 25.6 Å². The average molecular weight is 539 g/mol. The van der Waals surface area contributed by atoms with Crippen LogP contribution in [0.2, 0.25) is 0 Å². The number of amides is 1. The van der Waals surface area contributed by atoms with Crippen LogP contribution in [0.15, 0.2) is 36.8 Å². The molecule has 0 bridgehead atoms. The minimum atomic E-state index is -0.306. The molecule has 4 heterocycles. The third-order valence-electron chi connectivity index (χ3n) is 6.90. The Bertz CT molecular complexity index is 1170. The average Bonchev–Trinajstić information content (AvgIpc) is 3.41. The number of nitrogens with zero attached hydrogens (tertiary/aromatic N) is 4. The quantitative estimate of drug-likeness (QED) is 0.224. The van der Waals surface area contributed by atoms with Gasteiger partial charge >= 0.3 is 0 Å². The Kier molecular flexibility index (Phi) is 9.94. The van der Waals surface area contributed by atoms with E-state index in [1.807, 2.05) is 28.8 Å². The van der Waals surface area contributed by atoms with Crippen LogP contribution in [0.1, 0.15) is 76.9 Å². The van der Waals surface area contributed by atoms with Crippen molar-refractivity contribution in [2.24, 2.45) is 0 Å². The summed E-state index contributed by atoms with van der Waals surface area (Å²) in [6.45, 7) is 2.09. The van der Waals surface area contributed by atoms with E-state index in [-0.39, 0.29) is 18.4 Å². The van der Waals surface area contributed by atoms with Crippen LogP contribution in [0.25, 0.3) is 11.2 Å². The summed E-state index contributed by atoms with van der Waals surface area (Å²) >= 11 is 0. The molecule has 0 spiro atoms. The van der Waals surface area contributed by atoms with Crippen molar-refractivity contribution in [3.8, 4) is 5.75 Å². The van der Waals surface area contributed by atoms with E-state index >= 15 is 0 Å². The van der Waals surface area contributed by atoms with Crippen molar-refractivity contribution < 1.29 is 23.8 Å². The van der Waals surface area contributed by atoms with Gasteiger partial charge in [0.2, 0.25) is 11.9 Å². The van der Waals surface area contributed by atoms with E-state index in [1.54, 1.807) is 12.5 Å². The topological polar surface area (TPSA) is 122 Å². The molecule has 2 aromatic heterocycles. The lowest BCUT2D eigenvalue weighted by Gasteiger charge is -2.23. The van der Waals surface area contributed by atoms with Crippen LogP contribution in [0.5, 0.6) is 5.75 Å². The molecule has 0 saturated carbocycles. The second-order valence-corrected chi connectivity index (χ2v) is 9.98. The highest BCUT2D eigenvalue weighted by Gasteiger charge is 2.19. The number of hydrogen-bond acceptors (Lipinski definition) is 9. The largest absolute Gasteiger partial charge is 0.494 e. The Hall–Kier alpha value is -3.28. The van der Waals surface area contributed by atoms with Crippen LogP contribution in [-0.2, 0) is 19.1 Å². The third-order valence-corrected chi connectivity index (χ3v) is 6.90. The van der Waals surface area contributed by atoms with Crippen molar-refractivity contribution >= 4 is 28.7 Å². The molecular weight excluding hydrogens is 500 g/mol. The van der Waals surface area contributed by atoms with Gasteiger partial charge in [-0.25, -0.2) is 20.3 Å². The second-order valence-electron chi connectivity index (χ2n) is 9.98. The zero-order valence-corrected chi connectivity index (χ0v) is 22.3. The molecule has 1 aromatic carbocycles. The highest BCUT2D eigenvalue weighted by atomic mass is 16.8. The zero-order chi connectivity index (χ0) is 26.7. The van der Waals surface area contributed by atoms with Gasteiger partial charge in [0.15, 0.2) is 11.9 Å². The Morgan fingerprint density at radius 2 is 1.79 bits per heavy atom. The first-order chi connectivity index (χ1) is 19.2. The first-order valence-electron chi connectivity index (χ1n) is 14.1. The number of benzene rings is 1. The molecule has 2 aliphatic rings. The van der Waals surface area contributed by atoms with E-state index in [2.05, 4.69) is 25.7 Å². The van der Waals surface area contributed by atoms with E-state index in [0.717, 1.165) is 93.4 Å². The molecule has 39 heavy (non-hydrogen) atoms. The molecule has 210 valence electrons. The van der Waals surface area contributed by atoms with Gasteiger partial charge in [-0.15, -0.1) is 0 Å². The number of aromatic nitrogens is 4. The third kappa shape index (κ3) is 8.11. The molecule has 2 saturated heterocycles. The summed E-state index contributed by atoms with van der Waals surface area (Å²) in [7, 11) is 0. The number of hydroxylamine groups is 1. The van der Waals surface area contributed by atoms with Crippen LogP contribution in [-0.4, -0.2) is 51.5 Å². The van der Waals surface area contributed by atoms with Gasteiger partial charge in [0.05, 0.1) is 19.1 Å². The molecule has 0 aliphatic carbocycles. The number of ether oxygens (including phenoxy) is 3. The molecule has 2 fully saturated rings. The minimum absolute atomic E-state index is 0.0245. The number of hydrogen-bond donors (Lipinski definition) is 2. The molecule has 11 nitrogen and oxygen atoms in total. The van der Waals surface area contributed by atoms with E-state index < -0.39 is 0 Å². The molecule has 2 N–H and O–H groups in total. The number of anilines is 2. The maximum Gasteiger partial charge on any atom is 0.243 e. The maximum absolute atomic E-state index is 11.9. The molecular formula is C28H38N6O5. The molecule has 11 heteroatoms. The van der Waals surface area contributed by atoms with Gasteiger partial charge in [-0.3, -0.25) is 9.36 Å². The Morgan fingerprint density at radius 3 is 2.59 bits per heavy atom. The first kappa shape index (κ1) is 27.3. The lowest BCUT2D eigenvalue weighted by Crippen LogP contribution is -2.32. The van der Waals surface area contributed by atoms with Gasteiger partial charge < -0.3 is 19.5 Å². The molecule has 2 aliphatic heterocycles. The summed E-state index contributed by atoms with van der Waals surface area (Å²) in [5.41, 5.74) is 4.90. The SMILES string of the molecule is O=C(CCCCCCOc1ccc(Nc2ncc3ncn(C4CCCCO4)c3n2)cc1)NOC1CCCCO1. The Balaban J connectivity index is 0.981. The van der Waals surface area contributed by atoms with Crippen molar-refractivity contribution in [2.45, 2.75) is 83.1 Å². The first-order valence-corrected chi connectivity index (χ1v) is 14.1. The number of unbranched alkanes of at least 4 members (excludes halogenated alkanes) is 3. The number of carbonyl (C=O) groups is 1. The number of nitrogens with one attached hydrogen (secondary N) is 2.